The maximum absolute atomic E-state index is 13.1. The summed E-state index contributed by atoms with van der Waals surface area (Å²) in [5, 5.41) is 50.5. The molecule has 2 unspecified atom stereocenters. The van der Waals surface area contributed by atoms with Gasteiger partial charge in [0.25, 0.3) is 0 Å². The van der Waals surface area contributed by atoms with Gasteiger partial charge < -0.3 is 49.2 Å². The highest BCUT2D eigenvalue weighted by Crippen LogP contribution is 2.46. The van der Waals surface area contributed by atoms with E-state index in [0.717, 1.165) is 18.2 Å². The third kappa shape index (κ3) is 4.38. The van der Waals surface area contributed by atoms with E-state index in [1.54, 1.807) is 0 Å². The molecule has 0 spiro atoms. The highest BCUT2D eigenvalue weighted by atomic mass is 16.6. The molecule has 0 amide bonds. The summed E-state index contributed by atoms with van der Waals surface area (Å²) in [7, 11) is 4.09. The van der Waals surface area contributed by atoms with Crippen LogP contribution in [0.25, 0.3) is 0 Å². The van der Waals surface area contributed by atoms with Crippen molar-refractivity contribution in [3.8, 4) is 51.7 Å². The van der Waals surface area contributed by atoms with E-state index in [-0.39, 0.29) is 46.3 Å². The number of benzene rings is 3. The molecule has 0 fully saturated rings. The molecular weight excluding hydrogens is 476 g/mol. The van der Waals surface area contributed by atoms with Crippen LogP contribution in [-0.2, 0) is 11.2 Å². The van der Waals surface area contributed by atoms with Gasteiger partial charge in [-0.2, -0.15) is 0 Å². The third-order valence-electron chi connectivity index (χ3n) is 5.77. The first-order chi connectivity index (χ1) is 17.2. The molecule has 11 nitrogen and oxygen atoms in total. The number of aromatic hydroxyl groups is 5. The zero-order valence-corrected chi connectivity index (χ0v) is 19.5. The summed E-state index contributed by atoms with van der Waals surface area (Å²) in [6.07, 6.45) is -2.15. The van der Waals surface area contributed by atoms with Crippen LogP contribution < -0.4 is 18.9 Å². The number of rotatable bonds is 6. The van der Waals surface area contributed by atoms with Gasteiger partial charge in [0.2, 0.25) is 5.75 Å². The fourth-order valence-corrected chi connectivity index (χ4v) is 4.00. The fourth-order valence-electron chi connectivity index (χ4n) is 4.00. The minimum atomic E-state index is -1.07. The largest absolute Gasteiger partial charge is 0.507 e. The Hall–Kier alpha value is -4.67. The number of carbonyl (C=O) groups excluding carboxylic acids is 1. The molecule has 4 rings (SSSR count). The highest BCUT2D eigenvalue weighted by molar-refractivity contribution is 5.91. The number of hydrogen-bond acceptors (Lipinski definition) is 11. The van der Waals surface area contributed by atoms with Crippen LogP contribution >= 0.6 is 0 Å². The van der Waals surface area contributed by atoms with Crippen molar-refractivity contribution in [1.82, 2.24) is 0 Å². The molecule has 5 N–H and O–H groups in total. The van der Waals surface area contributed by atoms with Crippen molar-refractivity contribution >= 4 is 5.97 Å². The molecule has 0 saturated carbocycles. The predicted molar refractivity (Wildman–Crippen MR) is 124 cm³/mol. The number of phenolic OH excluding ortho intramolecular Hbond substituents is 5. The van der Waals surface area contributed by atoms with Crippen LogP contribution in [0, 0.1) is 0 Å². The number of fused-ring (bicyclic) bond motifs is 1. The van der Waals surface area contributed by atoms with Gasteiger partial charge in [-0.15, -0.1) is 0 Å². The summed E-state index contributed by atoms with van der Waals surface area (Å²) in [5.74, 6) is -2.59. The number of hydrogen-bond donors (Lipinski definition) is 5. The maximum atomic E-state index is 13.1. The molecule has 0 aromatic heterocycles. The SMILES string of the molecule is COc1cc(O)c2c(c1)OC(c1cc(O)c(O)c(O)c1)C(OC(=O)c1cc(O)c(OC)c(OC)c1)C2. The second kappa shape index (κ2) is 9.53. The lowest BCUT2D eigenvalue weighted by Gasteiger charge is -2.34. The van der Waals surface area contributed by atoms with Gasteiger partial charge in [-0.1, -0.05) is 0 Å². The van der Waals surface area contributed by atoms with Crippen molar-refractivity contribution in [2.24, 2.45) is 0 Å². The van der Waals surface area contributed by atoms with Crippen LogP contribution in [0.4, 0.5) is 0 Å². The lowest BCUT2D eigenvalue weighted by molar-refractivity contribution is -0.0189. The van der Waals surface area contributed by atoms with E-state index in [1.165, 1.54) is 39.5 Å². The topological polar surface area (TPSA) is 164 Å². The van der Waals surface area contributed by atoms with E-state index in [2.05, 4.69) is 0 Å². The molecule has 0 aliphatic carbocycles. The Kier molecular flexibility index (Phi) is 6.47. The number of phenols is 5. The Morgan fingerprint density at radius 3 is 2.14 bits per heavy atom. The van der Waals surface area contributed by atoms with Crippen LogP contribution in [0.15, 0.2) is 36.4 Å². The zero-order valence-electron chi connectivity index (χ0n) is 19.5. The first kappa shape index (κ1) is 24.5. The number of esters is 1. The minimum absolute atomic E-state index is 0.0107. The van der Waals surface area contributed by atoms with Gasteiger partial charge in [0.05, 0.1) is 26.9 Å². The molecule has 0 saturated heterocycles. The van der Waals surface area contributed by atoms with Gasteiger partial charge in [0, 0.05) is 29.7 Å². The van der Waals surface area contributed by atoms with Gasteiger partial charge >= 0.3 is 5.97 Å². The van der Waals surface area contributed by atoms with Crippen molar-refractivity contribution in [3.63, 3.8) is 0 Å². The van der Waals surface area contributed by atoms with Gasteiger partial charge in [-0.25, -0.2) is 4.79 Å². The summed E-state index contributed by atoms with van der Waals surface area (Å²) in [4.78, 5) is 13.1. The van der Waals surface area contributed by atoms with Gasteiger partial charge in [-0.3, -0.25) is 0 Å². The normalized spacial score (nSPS) is 16.4. The van der Waals surface area contributed by atoms with E-state index in [4.69, 9.17) is 23.7 Å². The van der Waals surface area contributed by atoms with Crippen molar-refractivity contribution in [3.05, 3.63) is 53.1 Å². The third-order valence-corrected chi connectivity index (χ3v) is 5.77. The van der Waals surface area contributed by atoms with E-state index in [1.807, 2.05) is 0 Å². The van der Waals surface area contributed by atoms with Crippen molar-refractivity contribution in [1.29, 1.82) is 0 Å². The molecule has 0 radical (unpaired) electrons. The van der Waals surface area contributed by atoms with Crippen LogP contribution in [0.1, 0.15) is 27.6 Å². The zero-order chi connectivity index (χ0) is 26.1. The summed E-state index contributed by atoms with van der Waals surface area (Å²) < 4.78 is 27.2. The first-order valence-corrected chi connectivity index (χ1v) is 10.6. The Balaban J connectivity index is 1.75. The average molecular weight is 500 g/mol. The van der Waals surface area contributed by atoms with Crippen LogP contribution in [0.3, 0.4) is 0 Å². The molecular formula is C25H24O11. The molecule has 1 heterocycles. The molecule has 11 heteroatoms. The quantitative estimate of drug-likeness (QED) is 0.249. The summed E-state index contributed by atoms with van der Waals surface area (Å²) in [6, 6.07) is 7.71. The Labute approximate surface area is 205 Å². The molecule has 3 aromatic rings. The summed E-state index contributed by atoms with van der Waals surface area (Å²) in [5.41, 5.74) is 0.473. The van der Waals surface area contributed by atoms with Crippen LogP contribution in [-0.4, -0.2) is 58.9 Å². The number of ether oxygens (including phenoxy) is 5. The molecule has 3 aromatic carbocycles. The monoisotopic (exact) mass is 500 g/mol. The minimum Gasteiger partial charge on any atom is -0.507 e. The standard InChI is InChI=1S/C25H24O11/c1-32-13-8-15(26)14-10-21(36-25(31)12-6-18(29)24(34-3)20(7-12)33-2)23(35-19(14)9-13)11-4-16(27)22(30)17(28)5-11/h4-9,21,23,26-30H,10H2,1-3H3. The second-order valence-corrected chi connectivity index (χ2v) is 7.95. The van der Waals surface area contributed by atoms with E-state index in [0.29, 0.717) is 11.3 Å². The van der Waals surface area contributed by atoms with Gasteiger partial charge in [-0.05, 0) is 24.3 Å². The Bertz CT molecular complexity index is 1290. The lowest BCUT2D eigenvalue weighted by atomic mass is 9.93. The first-order valence-electron chi connectivity index (χ1n) is 10.6. The van der Waals surface area contributed by atoms with Crippen molar-refractivity contribution in [2.75, 3.05) is 21.3 Å². The smallest absolute Gasteiger partial charge is 0.338 e. The molecule has 1 aliphatic rings. The molecule has 190 valence electrons. The summed E-state index contributed by atoms with van der Waals surface area (Å²) in [6.45, 7) is 0. The molecule has 36 heavy (non-hydrogen) atoms. The molecule has 0 bridgehead atoms. The highest BCUT2D eigenvalue weighted by Gasteiger charge is 2.37. The maximum Gasteiger partial charge on any atom is 0.338 e. The van der Waals surface area contributed by atoms with E-state index < -0.39 is 35.4 Å². The van der Waals surface area contributed by atoms with E-state index >= 15 is 0 Å². The van der Waals surface area contributed by atoms with Gasteiger partial charge in [0.15, 0.2) is 34.9 Å². The Morgan fingerprint density at radius 2 is 1.53 bits per heavy atom. The molecule has 2 atom stereocenters. The van der Waals surface area contributed by atoms with Crippen molar-refractivity contribution < 1.29 is 54.0 Å². The second-order valence-electron chi connectivity index (χ2n) is 7.95. The summed E-state index contributed by atoms with van der Waals surface area (Å²) >= 11 is 0. The van der Waals surface area contributed by atoms with E-state index in [9.17, 15) is 30.3 Å². The Morgan fingerprint density at radius 1 is 0.833 bits per heavy atom. The molecule has 1 aliphatic heterocycles. The number of carbonyl (C=O) groups is 1. The fraction of sp³-hybridized carbons (Fsp3) is 0.240. The van der Waals surface area contributed by atoms with Crippen LogP contribution in [0.5, 0.6) is 51.7 Å². The lowest BCUT2D eigenvalue weighted by Crippen LogP contribution is -2.34. The predicted octanol–water partition coefficient (Wildman–Crippen LogP) is 3.14. The number of methoxy groups -OCH3 is 3. The van der Waals surface area contributed by atoms with Crippen LogP contribution in [0.2, 0.25) is 0 Å². The van der Waals surface area contributed by atoms with Crippen molar-refractivity contribution in [2.45, 2.75) is 18.6 Å². The van der Waals surface area contributed by atoms with Gasteiger partial charge in [0.1, 0.15) is 23.4 Å². The average Bonchev–Trinajstić information content (AvgIpc) is 2.86.